The zero-order chi connectivity index (χ0) is 31.7. The minimum Gasteiger partial charge on any atom is -0.481 e. The van der Waals surface area contributed by atoms with Crippen molar-refractivity contribution in [2.45, 2.75) is 143 Å². The summed E-state index contributed by atoms with van der Waals surface area (Å²) in [6, 6.07) is 9.55. The number of nitrogens with one attached hydrogen (secondary N) is 2. The van der Waals surface area contributed by atoms with Gasteiger partial charge in [-0.05, 0) is 101 Å². The Kier molecular flexibility index (Phi) is 10.4. The molecule has 2 heterocycles. The molecule has 238 valence electrons. The fourth-order valence-electron chi connectivity index (χ4n) is 8.86. The SMILES string of the molecule is CCC1(C)CC(C(C)(C(C(=O)O)C(=O)OCc2ccccc2)C2CC(C)(CC)NC(C)(CC)C2C)C(C)C(C)(CC)N1. The predicted octanol–water partition coefficient (Wildman–Crippen LogP) is 7.60. The molecular weight excluding hydrogens is 524 g/mol. The lowest BCUT2D eigenvalue weighted by molar-refractivity contribution is -0.185. The number of esters is 1. The normalized spacial score (nSPS) is 39.2. The summed E-state index contributed by atoms with van der Waals surface area (Å²) < 4.78 is 5.91. The van der Waals surface area contributed by atoms with Gasteiger partial charge in [0, 0.05) is 22.2 Å². The lowest BCUT2D eigenvalue weighted by atomic mass is 9.45. The van der Waals surface area contributed by atoms with E-state index in [1.807, 2.05) is 30.3 Å². The molecule has 6 heteroatoms. The van der Waals surface area contributed by atoms with Gasteiger partial charge in [0.2, 0.25) is 0 Å². The average Bonchev–Trinajstić information content (AvgIpc) is 2.96. The molecule has 0 aliphatic carbocycles. The van der Waals surface area contributed by atoms with Gasteiger partial charge in [-0.3, -0.25) is 9.59 Å². The van der Waals surface area contributed by atoms with Crippen molar-refractivity contribution in [3.8, 4) is 0 Å². The van der Waals surface area contributed by atoms with Crippen molar-refractivity contribution in [3.05, 3.63) is 35.9 Å². The average molecular weight is 585 g/mol. The third kappa shape index (κ3) is 6.31. The topological polar surface area (TPSA) is 87.7 Å². The summed E-state index contributed by atoms with van der Waals surface area (Å²) in [7, 11) is 0. The highest BCUT2D eigenvalue weighted by atomic mass is 16.5. The number of aliphatic carboxylic acids is 1. The Morgan fingerprint density at radius 3 is 1.64 bits per heavy atom. The fourth-order valence-corrected chi connectivity index (χ4v) is 8.86. The summed E-state index contributed by atoms with van der Waals surface area (Å²) in [6.07, 6.45) is 5.34. The number of benzene rings is 1. The van der Waals surface area contributed by atoms with Crippen LogP contribution >= 0.6 is 0 Å². The van der Waals surface area contributed by atoms with Gasteiger partial charge in [0.25, 0.3) is 0 Å². The van der Waals surface area contributed by atoms with Crippen LogP contribution in [0.1, 0.15) is 120 Å². The molecule has 2 fully saturated rings. The van der Waals surface area contributed by atoms with Crippen molar-refractivity contribution in [3.63, 3.8) is 0 Å². The number of ether oxygens (including phenoxy) is 1. The van der Waals surface area contributed by atoms with Crippen LogP contribution in [0.3, 0.4) is 0 Å². The smallest absolute Gasteiger partial charge is 0.321 e. The summed E-state index contributed by atoms with van der Waals surface area (Å²) in [5.41, 5.74) is -0.704. The minimum atomic E-state index is -1.28. The van der Waals surface area contributed by atoms with E-state index in [1.54, 1.807) is 0 Å². The monoisotopic (exact) mass is 584 g/mol. The molecule has 1 aromatic rings. The first-order chi connectivity index (χ1) is 19.5. The second-order valence-corrected chi connectivity index (χ2v) is 15.0. The zero-order valence-electron chi connectivity index (χ0n) is 28.4. The lowest BCUT2D eigenvalue weighted by Crippen LogP contribution is -2.71. The molecule has 0 bridgehead atoms. The van der Waals surface area contributed by atoms with E-state index in [2.05, 4.69) is 86.8 Å². The Bertz CT molecular complexity index is 1050. The predicted molar refractivity (Wildman–Crippen MR) is 171 cm³/mol. The van der Waals surface area contributed by atoms with Gasteiger partial charge in [-0.2, -0.15) is 0 Å². The third-order valence-electron chi connectivity index (χ3n) is 12.7. The molecule has 2 aliphatic rings. The van der Waals surface area contributed by atoms with Gasteiger partial charge in [-0.25, -0.2) is 0 Å². The molecule has 0 saturated carbocycles. The van der Waals surface area contributed by atoms with Crippen LogP contribution < -0.4 is 10.6 Å². The molecule has 0 spiro atoms. The van der Waals surface area contributed by atoms with E-state index < -0.39 is 23.3 Å². The number of carbonyl (C=O) groups excluding carboxylic acids is 1. The molecule has 42 heavy (non-hydrogen) atoms. The number of carbonyl (C=O) groups is 2. The summed E-state index contributed by atoms with van der Waals surface area (Å²) in [6.45, 7) is 24.8. The highest BCUT2D eigenvalue weighted by molar-refractivity contribution is 5.95. The molecule has 9 unspecified atom stereocenters. The Balaban J connectivity index is 2.25. The highest BCUT2D eigenvalue weighted by Gasteiger charge is 2.64. The fraction of sp³-hybridized carbons (Fsp3) is 0.778. The molecule has 6 nitrogen and oxygen atoms in total. The van der Waals surface area contributed by atoms with Crippen molar-refractivity contribution < 1.29 is 19.4 Å². The van der Waals surface area contributed by atoms with Crippen molar-refractivity contribution >= 4 is 11.9 Å². The van der Waals surface area contributed by atoms with E-state index in [-0.39, 0.29) is 52.4 Å². The van der Waals surface area contributed by atoms with E-state index in [9.17, 15) is 14.7 Å². The van der Waals surface area contributed by atoms with Crippen LogP contribution in [-0.2, 0) is 20.9 Å². The minimum absolute atomic E-state index is 0.00760. The molecule has 3 rings (SSSR count). The van der Waals surface area contributed by atoms with E-state index in [0.29, 0.717) is 0 Å². The van der Waals surface area contributed by atoms with Gasteiger partial charge >= 0.3 is 11.9 Å². The van der Waals surface area contributed by atoms with Crippen LogP contribution in [0, 0.1) is 35.0 Å². The maximum absolute atomic E-state index is 14.2. The molecule has 2 aliphatic heterocycles. The van der Waals surface area contributed by atoms with Gasteiger partial charge < -0.3 is 20.5 Å². The largest absolute Gasteiger partial charge is 0.481 e. The molecule has 0 amide bonds. The first kappa shape index (κ1) is 34.6. The number of carboxylic acids is 1. The van der Waals surface area contributed by atoms with Crippen molar-refractivity contribution in [1.82, 2.24) is 10.6 Å². The van der Waals surface area contributed by atoms with E-state index in [0.717, 1.165) is 44.1 Å². The standard InChI is InChI=1S/C36H60N2O4/c1-12-32(7)21-27(24(5)34(9,14-3)37-32)36(11,28-22-33(8,13-2)38-35(10,15-4)25(28)6)29(30(39)40)31(41)42-23-26-19-17-16-18-20-26/h16-20,24-25,27-29,37-38H,12-15,21-23H2,1-11H3,(H,39,40). The van der Waals surface area contributed by atoms with Gasteiger partial charge in [0.05, 0.1) is 0 Å². The number of hydrogen-bond donors (Lipinski definition) is 3. The summed E-state index contributed by atoms with van der Waals surface area (Å²) >= 11 is 0. The van der Waals surface area contributed by atoms with Crippen molar-refractivity contribution in [2.24, 2.45) is 35.0 Å². The van der Waals surface area contributed by atoms with E-state index in [1.165, 1.54) is 0 Å². The Hall–Kier alpha value is -1.92. The number of carboxylic acid groups (broad SMARTS) is 1. The first-order valence-electron chi connectivity index (χ1n) is 16.5. The molecule has 0 radical (unpaired) electrons. The van der Waals surface area contributed by atoms with Crippen molar-refractivity contribution in [1.29, 1.82) is 0 Å². The van der Waals surface area contributed by atoms with E-state index >= 15 is 0 Å². The third-order valence-corrected chi connectivity index (χ3v) is 12.7. The van der Waals surface area contributed by atoms with Crippen LogP contribution in [0.5, 0.6) is 0 Å². The maximum atomic E-state index is 14.2. The van der Waals surface area contributed by atoms with Gasteiger partial charge in [-0.15, -0.1) is 0 Å². The zero-order valence-corrected chi connectivity index (χ0v) is 28.4. The van der Waals surface area contributed by atoms with Gasteiger partial charge in [0.1, 0.15) is 6.61 Å². The van der Waals surface area contributed by atoms with Crippen molar-refractivity contribution in [2.75, 3.05) is 0 Å². The molecule has 0 aromatic heterocycles. The molecule has 1 aromatic carbocycles. The van der Waals surface area contributed by atoms with Gasteiger partial charge in [-0.1, -0.05) is 78.8 Å². The second kappa shape index (κ2) is 12.6. The Labute approximate surface area is 256 Å². The van der Waals surface area contributed by atoms with Crippen LogP contribution in [-0.4, -0.2) is 39.2 Å². The molecule has 3 N–H and O–H groups in total. The second-order valence-electron chi connectivity index (χ2n) is 15.0. The summed E-state index contributed by atoms with van der Waals surface area (Å²) in [5, 5.41) is 19.0. The Morgan fingerprint density at radius 2 is 1.29 bits per heavy atom. The van der Waals surface area contributed by atoms with Crippen LogP contribution in [0.25, 0.3) is 0 Å². The highest BCUT2D eigenvalue weighted by Crippen LogP contribution is 2.60. The maximum Gasteiger partial charge on any atom is 0.321 e. The van der Waals surface area contributed by atoms with Crippen LogP contribution in [0.4, 0.5) is 0 Å². The van der Waals surface area contributed by atoms with E-state index in [4.69, 9.17) is 4.74 Å². The molecule has 2 saturated heterocycles. The molecule has 9 atom stereocenters. The summed E-state index contributed by atoms with van der Waals surface area (Å²) in [4.78, 5) is 27.7. The quantitative estimate of drug-likeness (QED) is 0.183. The molecular formula is C36H60N2O4. The van der Waals surface area contributed by atoms with Crippen LogP contribution in [0.2, 0.25) is 0 Å². The number of hydrogen-bond acceptors (Lipinski definition) is 5. The number of rotatable bonds is 11. The number of piperidine rings is 2. The first-order valence-corrected chi connectivity index (χ1v) is 16.5. The summed E-state index contributed by atoms with van der Waals surface area (Å²) in [5.74, 6) is -2.67. The van der Waals surface area contributed by atoms with Crippen LogP contribution in [0.15, 0.2) is 30.3 Å². The lowest BCUT2D eigenvalue weighted by Gasteiger charge is -2.64. The Morgan fingerprint density at radius 1 is 0.857 bits per heavy atom. The van der Waals surface area contributed by atoms with Gasteiger partial charge in [0.15, 0.2) is 5.92 Å².